The number of rotatable bonds is 3. The summed E-state index contributed by atoms with van der Waals surface area (Å²) in [4.78, 5) is 19.8. The monoisotopic (exact) mass is 268 g/mol. The molecular weight excluding hydrogens is 252 g/mol. The summed E-state index contributed by atoms with van der Waals surface area (Å²) in [6.45, 7) is 1.98. The molecule has 18 heavy (non-hydrogen) atoms. The summed E-state index contributed by atoms with van der Waals surface area (Å²) in [6, 6.07) is 3.33. The predicted octanol–water partition coefficient (Wildman–Crippen LogP) is 1.38. The zero-order chi connectivity index (χ0) is 13.1. The molecule has 1 aromatic heterocycles. The summed E-state index contributed by atoms with van der Waals surface area (Å²) in [6.07, 6.45) is 2.18. The standard InChI is InChI=1S/C12H17ClN4O/c1-16(8-11(18)17-6-2-3-7-17)12-9(14)4-5-10(13)15-12/h4-5H,2-3,6-8,14H2,1H3. The normalized spacial score (nSPS) is 14.9. The van der Waals surface area contributed by atoms with Crippen LogP contribution in [0, 0.1) is 0 Å². The molecule has 0 atom stereocenters. The minimum Gasteiger partial charge on any atom is -0.396 e. The van der Waals surface area contributed by atoms with Crippen LogP contribution in [0.5, 0.6) is 0 Å². The maximum Gasteiger partial charge on any atom is 0.242 e. The number of likely N-dealkylation sites (tertiary alicyclic amines) is 1. The molecular formula is C12H17ClN4O. The van der Waals surface area contributed by atoms with Crippen molar-refractivity contribution in [3.63, 3.8) is 0 Å². The lowest BCUT2D eigenvalue weighted by Crippen LogP contribution is -2.37. The van der Waals surface area contributed by atoms with Gasteiger partial charge in [-0.15, -0.1) is 0 Å². The first-order valence-corrected chi connectivity index (χ1v) is 6.36. The van der Waals surface area contributed by atoms with Crippen LogP contribution >= 0.6 is 11.6 Å². The number of nitrogens with two attached hydrogens (primary N) is 1. The maximum atomic E-state index is 12.0. The van der Waals surface area contributed by atoms with Gasteiger partial charge < -0.3 is 15.5 Å². The molecule has 0 aromatic carbocycles. The lowest BCUT2D eigenvalue weighted by molar-refractivity contribution is -0.128. The number of hydrogen-bond acceptors (Lipinski definition) is 4. The number of nitrogens with zero attached hydrogens (tertiary/aromatic N) is 3. The molecule has 0 bridgehead atoms. The number of amides is 1. The van der Waals surface area contributed by atoms with Crippen molar-refractivity contribution in [1.82, 2.24) is 9.88 Å². The van der Waals surface area contributed by atoms with Gasteiger partial charge >= 0.3 is 0 Å². The quantitative estimate of drug-likeness (QED) is 0.842. The van der Waals surface area contributed by atoms with Crippen LogP contribution in [0.1, 0.15) is 12.8 Å². The van der Waals surface area contributed by atoms with E-state index in [4.69, 9.17) is 17.3 Å². The van der Waals surface area contributed by atoms with Gasteiger partial charge in [-0.1, -0.05) is 11.6 Å². The third-order valence-electron chi connectivity index (χ3n) is 3.06. The molecule has 1 amide bonds. The molecule has 2 rings (SSSR count). The van der Waals surface area contributed by atoms with Crippen LogP contribution in [0.15, 0.2) is 12.1 Å². The van der Waals surface area contributed by atoms with Gasteiger partial charge in [0.25, 0.3) is 0 Å². The number of carbonyl (C=O) groups is 1. The van der Waals surface area contributed by atoms with Crippen molar-refractivity contribution < 1.29 is 4.79 Å². The zero-order valence-corrected chi connectivity index (χ0v) is 11.2. The molecule has 0 aliphatic carbocycles. The number of carbonyl (C=O) groups excluding carboxylic acids is 1. The predicted molar refractivity (Wildman–Crippen MR) is 72.7 cm³/mol. The third kappa shape index (κ3) is 2.85. The summed E-state index contributed by atoms with van der Waals surface area (Å²) in [5, 5.41) is 0.375. The van der Waals surface area contributed by atoms with Crippen molar-refractivity contribution in [1.29, 1.82) is 0 Å². The maximum absolute atomic E-state index is 12.0. The second kappa shape index (κ2) is 5.44. The molecule has 2 N–H and O–H groups in total. The molecule has 1 aromatic rings. The molecule has 1 aliphatic rings. The van der Waals surface area contributed by atoms with Crippen molar-refractivity contribution in [2.45, 2.75) is 12.8 Å². The van der Waals surface area contributed by atoms with Crippen molar-refractivity contribution in [2.24, 2.45) is 0 Å². The highest BCUT2D eigenvalue weighted by molar-refractivity contribution is 6.29. The van der Waals surface area contributed by atoms with E-state index in [0.29, 0.717) is 16.7 Å². The van der Waals surface area contributed by atoms with E-state index >= 15 is 0 Å². The van der Waals surface area contributed by atoms with Crippen molar-refractivity contribution in [2.75, 3.05) is 37.3 Å². The van der Waals surface area contributed by atoms with Crippen LogP contribution in [0.2, 0.25) is 5.15 Å². The molecule has 1 aliphatic heterocycles. The van der Waals surface area contributed by atoms with E-state index in [9.17, 15) is 4.79 Å². The number of anilines is 2. The minimum absolute atomic E-state index is 0.108. The van der Waals surface area contributed by atoms with Gasteiger partial charge in [0.2, 0.25) is 5.91 Å². The molecule has 0 unspecified atom stereocenters. The summed E-state index contributed by atoms with van der Waals surface area (Å²) in [5.41, 5.74) is 6.36. The van der Waals surface area contributed by atoms with Gasteiger partial charge in [-0.2, -0.15) is 0 Å². The van der Waals surface area contributed by atoms with Gasteiger partial charge in [-0.25, -0.2) is 4.98 Å². The van der Waals surface area contributed by atoms with Crippen LogP contribution in [0.4, 0.5) is 11.5 Å². The Balaban J connectivity index is 2.04. The first-order chi connectivity index (χ1) is 8.58. The number of likely N-dealkylation sites (N-methyl/N-ethyl adjacent to an activating group) is 1. The molecule has 5 nitrogen and oxygen atoms in total. The Labute approximate surface area is 112 Å². The summed E-state index contributed by atoms with van der Waals surface area (Å²) in [7, 11) is 1.79. The summed E-state index contributed by atoms with van der Waals surface area (Å²) in [5.74, 6) is 0.659. The summed E-state index contributed by atoms with van der Waals surface area (Å²) < 4.78 is 0. The zero-order valence-electron chi connectivity index (χ0n) is 10.4. The van der Waals surface area contributed by atoms with E-state index in [-0.39, 0.29) is 12.5 Å². The lowest BCUT2D eigenvalue weighted by Gasteiger charge is -2.23. The second-order valence-electron chi connectivity index (χ2n) is 4.49. The number of pyridine rings is 1. The molecule has 0 spiro atoms. The van der Waals surface area contributed by atoms with Crippen LogP contribution < -0.4 is 10.6 Å². The average molecular weight is 269 g/mol. The van der Waals surface area contributed by atoms with Crippen molar-refractivity contribution in [3.8, 4) is 0 Å². The third-order valence-corrected chi connectivity index (χ3v) is 3.27. The lowest BCUT2D eigenvalue weighted by atomic mass is 10.3. The fraction of sp³-hybridized carbons (Fsp3) is 0.500. The fourth-order valence-electron chi connectivity index (χ4n) is 2.09. The summed E-state index contributed by atoms with van der Waals surface area (Å²) >= 11 is 5.84. The molecule has 98 valence electrons. The fourth-order valence-corrected chi connectivity index (χ4v) is 2.23. The van der Waals surface area contributed by atoms with Gasteiger partial charge in [0, 0.05) is 20.1 Å². The van der Waals surface area contributed by atoms with Crippen LogP contribution in [0.3, 0.4) is 0 Å². The van der Waals surface area contributed by atoms with E-state index in [1.165, 1.54) is 0 Å². The van der Waals surface area contributed by atoms with Crippen LogP contribution in [-0.4, -0.2) is 42.5 Å². The highest BCUT2D eigenvalue weighted by Gasteiger charge is 2.20. The topological polar surface area (TPSA) is 62.5 Å². The smallest absolute Gasteiger partial charge is 0.242 e. The highest BCUT2D eigenvalue weighted by Crippen LogP contribution is 2.21. The van der Waals surface area contributed by atoms with Gasteiger partial charge in [-0.05, 0) is 25.0 Å². The Morgan fingerprint density at radius 2 is 2.17 bits per heavy atom. The van der Waals surface area contributed by atoms with E-state index < -0.39 is 0 Å². The van der Waals surface area contributed by atoms with Crippen LogP contribution in [0.25, 0.3) is 0 Å². The van der Waals surface area contributed by atoms with E-state index in [1.54, 1.807) is 24.1 Å². The highest BCUT2D eigenvalue weighted by atomic mass is 35.5. The molecule has 1 saturated heterocycles. The number of hydrogen-bond donors (Lipinski definition) is 1. The largest absolute Gasteiger partial charge is 0.396 e. The molecule has 2 heterocycles. The minimum atomic E-state index is 0.108. The second-order valence-corrected chi connectivity index (χ2v) is 4.88. The number of nitrogen functional groups attached to an aromatic ring is 1. The molecule has 1 fully saturated rings. The van der Waals surface area contributed by atoms with Gasteiger partial charge in [-0.3, -0.25) is 4.79 Å². The first-order valence-electron chi connectivity index (χ1n) is 5.99. The van der Waals surface area contributed by atoms with Gasteiger partial charge in [0.15, 0.2) is 5.82 Å². The molecule has 0 radical (unpaired) electrons. The number of halogens is 1. The SMILES string of the molecule is CN(CC(=O)N1CCCC1)c1nc(Cl)ccc1N. The Kier molecular flexibility index (Phi) is 3.91. The Hall–Kier alpha value is -1.49. The van der Waals surface area contributed by atoms with Crippen molar-refractivity contribution >= 4 is 29.0 Å². The number of aromatic nitrogens is 1. The van der Waals surface area contributed by atoms with E-state index in [2.05, 4.69) is 4.98 Å². The Morgan fingerprint density at radius 1 is 1.50 bits per heavy atom. The Bertz CT molecular complexity index is 446. The molecule has 6 heteroatoms. The first kappa shape index (κ1) is 13.0. The van der Waals surface area contributed by atoms with Crippen molar-refractivity contribution in [3.05, 3.63) is 17.3 Å². The Morgan fingerprint density at radius 3 is 2.83 bits per heavy atom. The van der Waals surface area contributed by atoms with Gasteiger partial charge in [0.05, 0.1) is 12.2 Å². The van der Waals surface area contributed by atoms with Gasteiger partial charge in [0.1, 0.15) is 5.15 Å². The van der Waals surface area contributed by atoms with E-state index in [0.717, 1.165) is 25.9 Å². The van der Waals surface area contributed by atoms with Crippen LogP contribution in [-0.2, 0) is 4.79 Å². The average Bonchev–Trinajstić information content (AvgIpc) is 2.85. The van der Waals surface area contributed by atoms with E-state index in [1.807, 2.05) is 4.90 Å². The molecule has 0 saturated carbocycles.